The molecule has 0 atom stereocenters. The monoisotopic (exact) mass is 411 g/mol. The second-order valence-electron chi connectivity index (χ2n) is 8.08. The van der Waals surface area contributed by atoms with Crippen molar-refractivity contribution in [2.45, 2.75) is 39.7 Å². The molecule has 0 fully saturated rings. The van der Waals surface area contributed by atoms with Gasteiger partial charge < -0.3 is 9.88 Å². The van der Waals surface area contributed by atoms with E-state index in [2.05, 4.69) is 33.9 Å². The SMILES string of the molecule is Cc1ccccc1-n1nc(C(=O)Nc2ccc(Cn3ccnc3C)cc2)c2c1CCC2. The van der Waals surface area contributed by atoms with Crippen LogP contribution in [0.3, 0.4) is 0 Å². The Labute approximate surface area is 181 Å². The number of anilines is 1. The third-order valence-corrected chi connectivity index (χ3v) is 5.98. The highest BCUT2D eigenvalue weighted by Gasteiger charge is 2.27. The summed E-state index contributed by atoms with van der Waals surface area (Å²) >= 11 is 0. The summed E-state index contributed by atoms with van der Waals surface area (Å²) in [5.41, 5.74) is 6.89. The lowest BCUT2D eigenvalue weighted by molar-refractivity contribution is 0.102. The number of para-hydroxylation sites is 1. The van der Waals surface area contributed by atoms with Crippen molar-refractivity contribution in [1.29, 1.82) is 0 Å². The van der Waals surface area contributed by atoms with E-state index >= 15 is 0 Å². The fourth-order valence-corrected chi connectivity index (χ4v) is 4.27. The molecule has 1 aliphatic carbocycles. The van der Waals surface area contributed by atoms with Crippen LogP contribution in [0, 0.1) is 13.8 Å². The second kappa shape index (κ2) is 7.87. The maximum absolute atomic E-state index is 13.1. The van der Waals surface area contributed by atoms with E-state index in [1.165, 1.54) is 0 Å². The molecule has 0 spiro atoms. The number of nitrogens with one attached hydrogen (secondary N) is 1. The molecule has 0 radical (unpaired) electrons. The molecule has 6 nitrogen and oxygen atoms in total. The molecule has 5 rings (SSSR count). The number of nitrogens with zero attached hydrogens (tertiary/aromatic N) is 4. The van der Waals surface area contributed by atoms with Crippen LogP contribution in [-0.2, 0) is 19.4 Å². The predicted octanol–water partition coefficient (Wildman–Crippen LogP) is 4.47. The molecule has 156 valence electrons. The van der Waals surface area contributed by atoms with Crippen LogP contribution in [0.5, 0.6) is 0 Å². The highest BCUT2D eigenvalue weighted by molar-refractivity contribution is 6.04. The average Bonchev–Trinajstić information content (AvgIpc) is 3.47. The van der Waals surface area contributed by atoms with Gasteiger partial charge in [0, 0.05) is 35.9 Å². The molecule has 0 bridgehead atoms. The van der Waals surface area contributed by atoms with E-state index in [0.29, 0.717) is 5.69 Å². The Morgan fingerprint density at radius 2 is 1.87 bits per heavy atom. The van der Waals surface area contributed by atoms with E-state index < -0.39 is 0 Å². The van der Waals surface area contributed by atoms with Crippen LogP contribution in [0.25, 0.3) is 5.69 Å². The third kappa shape index (κ3) is 3.65. The Morgan fingerprint density at radius 3 is 2.61 bits per heavy atom. The minimum atomic E-state index is -0.149. The zero-order valence-electron chi connectivity index (χ0n) is 17.8. The molecule has 1 N–H and O–H groups in total. The summed E-state index contributed by atoms with van der Waals surface area (Å²) in [6.07, 6.45) is 6.68. The smallest absolute Gasteiger partial charge is 0.276 e. The maximum Gasteiger partial charge on any atom is 0.276 e. The topological polar surface area (TPSA) is 64.7 Å². The number of aromatic nitrogens is 4. The molecule has 2 aromatic carbocycles. The number of hydrogen-bond acceptors (Lipinski definition) is 3. The number of carbonyl (C=O) groups is 1. The Bertz CT molecular complexity index is 1250. The molecule has 0 aliphatic heterocycles. The Morgan fingerprint density at radius 1 is 1.06 bits per heavy atom. The lowest BCUT2D eigenvalue weighted by atomic mass is 10.1. The molecule has 2 aromatic heterocycles. The maximum atomic E-state index is 13.1. The summed E-state index contributed by atoms with van der Waals surface area (Å²) < 4.78 is 4.05. The molecule has 6 heteroatoms. The fourth-order valence-electron chi connectivity index (χ4n) is 4.27. The molecule has 0 unspecified atom stereocenters. The number of imidazole rings is 1. The standard InChI is InChI=1S/C25H25N5O/c1-17-6-3-4-8-22(17)30-23-9-5-7-21(23)24(28-30)25(31)27-20-12-10-19(11-13-20)16-29-15-14-26-18(29)2/h3-4,6,8,10-15H,5,7,9,16H2,1-2H3,(H,27,31). The van der Waals surface area contributed by atoms with Gasteiger partial charge in [0.05, 0.1) is 5.69 Å². The van der Waals surface area contributed by atoms with Gasteiger partial charge in [-0.15, -0.1) is 0 Å². The number of benzene rings is 2. The first-order valence-electron chi connectivity index (χ1n) is 10.6. The van der Waals surface area contributed by atoms with Crippen LogP contribution in [0.4, 0.5) is 5.69 Å². The van der Waals surface area contributed by atoms with E-state index in [-0.39, 0.29) is 5.91 Å². The van der Waals surface area contributed by atoms with Crippen molar-refractivity contribution < 1.29 is 4.79 Å². The van der Waals surface area contributed by atoms with E-state index in [4.69, 9.17) is 5.10 Å². The van der Waals surface area contributed by atoms with Gasteiger partial charge in [0.15, 0.2) is 5.69 Å². The van der Waals surface area contributed by atoms with Crippen LogP contribution in [-0.4, -0.2) is 25.2 Å². The van der Waals surface area contributed by atoms with E-state index in [9.17, 15) is 4.79 Å². The summed E-state index contributed by atoms with van der Waals surface area (Å²) in [5, 5.41) is 7.76. The van der Waals surface area contributed by atoms with Crippen molar-refractivity contribution in [3.8, 4) is 5.69 Å². The largest absolute Gasteiger partial charge is 0.331 e. The summed E-state index contributed by atoms with van der Waals surface area (Å²) in [6, 6.07) is 16.1. The lowest BCUT2D eigenvalue weighted by Crippen LogP contribution is -2.15. The van der Waals surface area contributed by atoms with Gasteiger partial charge in [-0.25, -0.2) is 9.67 Å². The summed E-state index contributed by atoms with van der Waals surface area (Å²) in [7, 11) is 0. The molecule has 31 heavy (non-hydrogen) atoms. The van der Waals surface area contributed by atoms with E-state index in [1.54, 1.807) is 6.20 Å². The lowest BCUT2D eigenvalue weighted by Gasteiger charge is -2.09. The quantitative estimate of drug-likeness (QED) is 0.527. The Hall–Kier alpha value is -3.67. The van der Waals surface area contributed by atoms with Crippen molar-refractivity contribution in [3.05, 3.63) is 94.8 Å². The second-order valence-corrected chi connectivity index (χ2v) is 8.08. The highest BCUT2D eigenvalue weighted by atomic mass is 16.2. The van der Waals surface area contributed by atoms with E-state index in [0.717, 1.165) is 65.4 Å². The van der Waals surface area contributed by atoms with Crippen molar-refractivity contribution in [2.24, 2.45) is 0 Å². The van der Waals surface area contributed by atoms with Gasteiger partial charge >= 0.3 is 0 Å². The predicted molar refractivity (Wildman–Crippen MR) is 121 cm³/mol. The first-order valence-corrected chi connectivity index (χ1v) is 10.6. The number of hydrogen-bond donors (Lipinski definition) is 1. The molecule has 1 amide bonds. The van der Waals surface area contributed by atoms with Gasteiger partial charge in [0.2, 0.25) is 0 Å². The average molecular weight is 412 g/mol. The van der Waals surface area contributed by atoms with Crippen LogP contribution in [0.15, 0.2) is 60.9 Å². The molecular formula is C25H25N5O. The van der Waals surface area contributed by atoms with Crippen LogP contribution in [0.1, 0.15) is 45.1 Å². The summed E-state index contributed by atoms with van der Waals surface area (Å²) in [5.74, 6) is 0.833. The van der Waals surface area contributed by atoms with E-state index in [1.807, 2.05) is 54.2 Å². The molecule has 0 saturated carbocycles. The number of carbonyl (C=O) groups excluding carboxylic acids is 1. The minimum Gasteiger partial charge on any atom is -0.331 e. The number of aryl methyl sites for hydroxylation is 2. The summed E-state index contributed by atoms with van der Waals surface area (Å²) in [6.45, 7) is 4.82. The first kappa shape index (κ1) is 19.3. The van der Waals surface area contributed by atoms with Gasteiger partial charge in [0.1, 0.15) is 5.82 Å². The van der Waals surface area contributed by atoms with Gasteiger partial charge in [-0.1, -0.05) is 30.3 Å². The van der Waals surface area contributed by atoms with Gasteiger partial charge in [0.25, 0.3) is 5.91 Å². The number of rotatable bonds is 5. The third-order valence-electron chi connectivity index (χ3n) is 5.98. The zero-order chi connectivity index (χ0) is 21.4. The molecular weight excluding hydrogens is 386 g/mol. The van der Waals surface area contributed by atoms with Gasteiger partial charge in [-0.05, 0) is 62.4 Å². The minimum absolute atomic E-state index is 0.149. The summed E-state index contributed by atoms with van der Waals surface area (Å²) in [4.78, 5) is 17.3. The Kier molecular flexibility index (Phi) is 4.90. The number of fused-ring (bicyclic) bond motifs is 1. The fraction of sp³-hybridized carbons (Fsp3) is 0.240. The van der Waals surface area contributed by atoms with Crippen LogP contribution in [0.2, 0.25) is 0 Å². The first-order chi connectivity index (χ1) is 15.1. The van der Waals surface area contributed by atoms with Crippen molar-refractivity contribution in [3.63, 3.8) is 0 Å². The van der Waals surface area contributed by atoms with Crippen LogP contribution >= 0.6 is 0 Å². The zero-order valence-corrected chi connectivity index (χ0v) is 17.8. The highest BCUT2D eigenvalue weighted by Crippen LogP contribution is 2.29. The Balaban J connectivity index is 1.37. The molecule has 4 aromatic rings. The van der Waals surface area contributed by atoms with Crippen molar-refractivity contribution >= 4 is 11.6 Å². The van der Waals surface area contributed by atoms with Crippen LogP contribution < -0.4 is 5.32 Å². The molecule has 1 aliphatic rings. The molecule has 0 saturated heterocycles. The number of amides is 1. The van der Waals surface area contributed by atoms with Gasteiger partial charge in [-0.2, -0.15) is 5.10 Å². The molecule has 2 heterocycles. The van der Waals surface area contributed by atoms with Gasteiger partial charge in [-0.3, -0.25) is 4.79 Å². The van der Waals surface area contributed by atoms with Crippen molar-refractivity contribution in [1.82, 2.24) is 19.3 Å². The van der Waals surface area contributed by atoms with Crippen molar-refractivity contribution in [2.75, 3.05) is 5.32 Å². The normalized spacial score (nSPS) is 12.7.